The number of hydrogen-bond acceptors (Lipinski definition) is 2. The smallest absolute Gasteiger partial charge is 0.0306 e. The van der Waals surface area contributed by atoms with Crippen molar-refractivity contribution in [3.05, 3.63) is 0 Å². The van der Waals surface area contributed by atoms with Crippen molar-refractivity contribution in [2.75, 3.05) is 6.54 Å². The molecular formula is C13H28N2. The summed E-state index contributed by atoms with van der Waals surface area (Å²) in [5.74, 6) is 0. The number of hydrogen-bond donors (Lipinski definition) is 2. The van der Waals surface area contributed by atoms with Gasteiger partial charge in [-0.2, -0.15) is 0 Å². The molecule has 0 amide bonds. The summed E-state index contributed by atoms with van der Waals surface area (Å²) in [4.78, 5) is 0. The van der Waals surface area contributed by atoms with Crippen LogP contribution in [-0.2, 0) is 0 Å². The second-order valence-electron chi connectivity index (χ2n) is 6.30. The van der Waals surface area contributed by atoms with Crippen molar-refractivity contribution in [1.82, 2.24) is 5.32 Å². The normalized spacial score (nSPS) is 31.6. The Hall–Kier alpha value is -0.0800. The highest BCUT2D eigenvalue weighted by atomic mass is 15.0. The van der Waals surface area contributed by atoms with E-state index in [2.05, 4.69) is 33.0 Å². The monoisotopic (exact) mass is 212 g/mol. The van der Waals surface area contributed by atoms with Gasteiger partial charge >= 0.3 is 0 Å². The van der Waals surface area contributed by atoms with Crippen LogP contribution in [0.4, 0.5) is 0 Å². The van der Waals surface area contributed by atoms with Crippen LogP contribution in [0.25, 0.3) is 0 Å². The lowest BCUT2D eigenvalue weighted by Crippen LogP contribution is -2.53. The van der Waals surface area contributed by atoms with E-state index in [0.29, 0.717) is 11.5 Å². The van der Waals surface area contributed by atoms with Gasteiger partial charge < -0.3 is 11.1 Å². The molecule has 0 aromatic rings. The van der Waals surface area contributed by atoms with Gasteiger partial charge in [-0.15, -0.1) is 0 Å². The third-order valence-corrected chi connectivity index (χ3v) is 3.77. The molecule has 15 heavy (non-hydrogen) atoms. The summed E-state index contributed by atoms with van der Waals surface area (Å²) in [6, 6.07) is 0.537. The molecule has 0 aromatic carbocycles. The SMILES string of the molecule is CC(C)NC1(CN)CCCC(C)(C)CC1. The first kappa shape index (κ1) is 13.0. The lowest BCUT2D eigenvalue weighted by molar-refractivity contribution is 0.252. The maximum atomic E-state index is 5.98. The summed E-state index contributed by atoms with van der Waals surface area (Å²) >= 11 is 0. The molecule has 0 spiro atoms. The average Bonchev–Trinajstić information content (AvgIpc) is 2.26. The Morgan fingerprint density at radius 1 is 1.13 bits per heavy atom. The highest BCUT2D eigenvalue weighted by molar-refractivity contribution is 4.94. The van der Waals surface area contributed by atoms with Gasteiger partial charge in [0.2, 0.25) is 0 Å². The van der Waals surface area contributed by atoms with Crippen molar-refractivity contribution in [2.45, 2.75) is 71.4 Å². The lowest BCUT2D eigenvalue weighted by atomic mass is 9.83. The second kappa shape index (κ2) is 4.84. The molecule has 90 valence electrons. The van der Waals surface area contributed by atoms with Gasteiger partial charge in [-0.3, -0.25) is 0 Å². The van der Waals surface area contributed by atoms with Gasteiger partial charge in [0.25, 0.3) is 0 Å². The molecule has 3 N–H and O–H groups in total. The fraction of sp³-hybridized carbons (Fsp3) is 1.00. The zero-order chi connectivity index (χ0) is 11.5. The summed E-state index contributed by atoms with van der Waals surface area (Å²) in [7, 11) is 0. The van der Waals surface area contributed by atoms with Crippen LogP contribution in [0.5, 0.6) is 0 Å². The summed E-state index contributed by atoms with van der Waals surface area (Å²) in [5, 5.41) is 3.70. The predicted molar refractivity (Wildman–Crippen MR) is 66.9 cm³/mol. The Morgan fingerprint density at radius 2 is 1.80 bits per heavy atom. The van der Waals surface area contributed by atoms with E-state index in [1.54, 1.807) is 0 Å². The molecule has 0 saturated heterocycles. The predicted octanol–water partition coefficient (Wildman–Crippen LogP) is 2.67. The van der Waals surface area contributed by atoms with Crippen LogP contribution in [0.3, 0.4) is 0 Å². The Bertz CT molecular complexity index is 199. The van der Waals surface area contributed by atoms with E-state index in [1.807, 2.05) is 0 Å². The highest BCUT2D eigenvalue weighted by Crippen LogP contribution is 2.37. The van der Waals surface area contributed by atoms with Gasteiger partial charge in [0.1, 0.15) is 0 Å². The molecule has 1 aliphatic rings. The van der Waals surface area contributed by atoms with Crippen molar-refractivity contribution in [2.24, 2.45) is 11.1 Å². The third kappa shape index (κ3) is 3.76. The van der Waals surface area contributed by atoms with Gasteiger partial charge in [0.15, 0.2) is 0 Å². The number of nitrogens with two attached hydrogens (primary N) is 1. The summed E-state index contributed by atoms with van der Waals surface area (Å²) in [5.41, 5.74) is 6.70. The van der Waals surface area contributed by atoms with Gasteiger partial charge in [0.05, 0.1) is 0 Å². The molecule has 0 radical (unpaired) electrons. The van der Waals surface area contributed by atoms with Gasteiger partial charge in [-0.05, 0) is 31.1 Å². The number of rotatable bonds is 3. The first-order valence-electron chi connectivity index (χ1n) is 6.37. The molecule has 2 nitrogen and oxygen atoms in total. The minimum atomic E-state index is 0.210. The molecule has 0 heterocycles. The summed E-state index contributed by atoms with van der Waals surface area (Å²) in [6.45, 7) is 9.98. The Balaban J connectivity index is 2.65. The van der Waals surface area contributed by atoms with E-state index in [-0.39, 0.29) is 5.54 Å². The molecule has 1 saturated carbocycles. The van der Waals surface area contributed by atoms with E-state index in [0.717, 1.165) is 6.54 Å². The van der Waals surface area contributed by atoms with Crippen LogP contribution in [0.15, 0.2) is 0 Å². The Kier molecular flexibility index (Phi) is 4.19. The quantitative estimate of drug-likeness (QED) is 0.706. The molecule has 1 unspecified atom stereocenters. The van der Waals surface area contributed by atoms with Crippen LogP contribution in [-0.4, -0.2) is 18.1 Å². The highest BCUT2D eigenvalue weighted by Gasteiger charge is 2.34. The molecule has 0 bridgehead atoms. The molecule has 1 rings (SSSR count). The first-order chi connectivity index (χ1) is 6.89. The molecule has 0 aromatic heterocycles. The fourth-order valence-corrected chi connectivity index (χ4v) is 2.75. The zero-order valence-electron chi connectivity index (χ0n) is 10.9. The summed E-state index contributed by atoms with van der Waals surface area (Å²) in [6.07, 6.45) is 6.42. The summed E-state index contributed by atoms with van der Waals surface area (Å²) < 4.78 is 0. The molecule has 1 fully saturated rings. The molecular weight excluding hydrogens is 184 g/mol. The van der Waals surface area contributed by atoms with Crippen LogP contribution in [0.1, 0.15) is 59.8 Å². The molecule has 0 aliphatic heterocycles. The minimum absolute atomic E-state index is 0.210. The minimum Gasteiger partial charge on any atom is -0.329 e. The Labute approximate surface area is 95.0 Å². The van der Waals surface area contributed by atoms with Crippen LogP contribution >= 0.6 is 0 Å². The topological polar surface area (TPSA) is 38.0 Å². The maximum Gasteiger partial charge on any atom is 0.0306 e. The number of nitrogens with one attached hydrogen (secondary N) is 1. The molecule has 1 aliphatic carbocycles. The standard InChI is InChI=1S/C13H28N2/c1-11(2)15-13(10-14)7-5-6-12(3,4)8-9-13/h11,15H,5-10,14H2,1-4H3. The maximum absolute atomic E-state index is 5.98. The van der Waals surface area contributed by atoms with Crippen LogP contribution in [0.2, 0.25) is 0 Å². The largest absolute Gasteiger partial charge is 0.329 e. The van der Waals surface area contributed by atoms with E-state index in [1.165, 1.54) is 32.1 Å². The molecule has 2 heteroatoms. The first-order valence-corrected chi connectivity index (χ1v) is 6.37. The van der Waals surface area contributed by atoms with Crippen molar-refractivity contribution in [3.63, 3.8) is 0 Å². The van der Waals surface area contributed by atoms with Crippen molar-refractivity contribution in [3.8, 4) is 0 Å². The van der Waals surface area contributed by atoms with Crippen molar-refractivity contribution < 1.29 is 0 Å². The van der Waals surface area contributed by atoms with Crippen LogP contribution < -0.4 is 11.1 Å². The average molecular weight is 212 g/mol. The lowest BCUT2D eigenvalue weighted by Gasteiger charge is -2.35. The van der Waals surface area contributed by atoms with E-state index < -0.39 is 0 Å². The van der Waals surface area contributed by atoms with Gasteiger partial charge in [-0.25, -0.2) is 0 Å². The van der Waals surface area contributed by atoms with E-state index in [9.17, 15) is 0 Å². The van der Waals surface area contributed by atoms with Crippen LogP contribution in [0, 0.1) is 5.41 Å². The van der Waals surface area contributed by atoms with Crippen molar-refractivity contribution >= 4 is 0 Å². The third-order valence-electron chi connectivity index (χ3n) is 3.77. The van der Waals surface area contributed by atoms with Gasteiger partial charge in [-0.1, -0.05) is 34.1 Å². The van der Waals surface area contributed by atoms with Crippen molar-refractivity contribution in [1.29, 1.82) is 0 Å². The Morgan fingerprint density at radius 3 is 2.33 bits per heavy atom. The molecule has 1 atom stereocenters. The second-order valence-corrected chi connectivity index (χ2v) is 6.30. The van der Waals surface area contributed by atoms with E-state index >= 15 is 0 Å². The van der Waals surface area contributed by atoms with E-state index in [4.69, 9.17) is 5.73 Å². The zero-order valence-corrected chi connectivity index (χ0v) is 10.9. The van der Waals surface area contributed by atoms with Gasteiger partial charge in [0, 0.05) is 18.1 Å². The fourth-order valence-electron chi connectivity index (χ4n) is 2.75.